The highest BCUT2D eigenvalue weighted by Gasteiger charge is 2.53. The molecular formula is C28H29F5N6O5S. The molecule has 2 fully saturated rings. The Morgan fingerprint density at radius 1 is 1.09 bits per heavy atom. The average molecular weight is 657 g/mol. The molecule has 3 N–H and O–H groups in total. The second-order valence-electron chi connectivity index (χ2n) is 11.7. The van der Waals surface area contributed by atoms with Gasteiger partial charge < -0.3 is 20.1 Å². The highest BCUT2D eigenvalue weighted by atomic mass is 32.1. The van der Waals surface area contributed by atoms with Crippen LogP contribution in [-0.4, -0.2) is 56.6 Å². The maximum absolute atomic E-state index is 14.6. The van der Waals surface area contributed by atoms with Gasteiger partial charge >= 0.3 is 18.2 Å². The molecule has 2 aliphatic heterocycles. The van der Waals surface area contributed by atoms with Crippen molar-refractivity contribution in [1.82, 2.24) is 20.1 Å². The van der Waals surface area contributed by atoms with Crippen molar-refractivity contribution in [2.75, 3.05) is 10.6 Å². The molecule has 2 saturated heterocycles. The lowest BCUT2D eigenvalue weighted by Gasteiger charge is -2.38. The summed E-state index contributed by atoms with van der Waals surface area (Å²) in [5.74, 6) is -4.75. The number of nitrogens with one attached hydrogen (secondary N) is 3. The predicted octanol–water partition coefficient (Wildman–Crippen LogP) is 5.64. The molecule has 3 atom stereocenters. The molecule has 0 spiro atoms. The second-order valence-corrected chi connectivity index (χ2v) is 12.7. The van der Waals surface area contributed by atoms with Crippen LogP contribution in [0.25, 0.3) is 10.6 Å². The van der Waals surface area contributed by atoms with Gasteiger partial charge in [-0.1, -0.05) is 17.4 Å². The van der Waals surface area contributed by atoms with Crippen molar-refractivity contribution in [3.8, 4) is 10.6 Å². The molecule has 11 nitrogen and oxygen atoms in total. The van der Waals surface area contributed by atoms with E-state index in [4.69, 9.17) is 9.47 Å². The van der Waals surface area contributed by atoms with Gasteiger partial charge in [0.25, 0.3) is 5.91 Å². The minimum Gasteiger partial charge on any atom is -0.444 e. The molecule has 0 saturated carbocycles. The van der Waals surface area contributed by atoms with E-state index >= 15 is 0 Å². The molecule has 3 aromatic rings. The molecule has 4 heterocycles. The first-order valence-electron chi connectivity index (χ1n) is 13.8. The van der Waals surface area contributed by atoms with Crippen molar-refractivity contribution in [3.05, 3.63) is 47.4 Å². The van der Waals surface area contributed by atoms with Gasteiger partial charge in [-0.2, -0.15) is 18.3 Å². The van der Waals surface area contributed by atoms with Crippen molar-refractivity contribution in [2.45, 2.75) is 76.0 Å². The maximum atomic E-state index is 14.6. The van der Waals surface area contributed by atoms with Crippen LogP contribution in [0.2, 0.25) is 0 Å². The lowest BCUT2D eigenvalue weighted by atomic mass is 9.89. The normalized spacial score (nSPS) is 21.4. The summed E-state index contributed by atoms with van der Waals surface area (Å²) in [6.45, 7) is 4.89. The topological polar surface area (TPSA) is 136 Å². The maximum Gasteiger partial charge on any atom is 0.471 e. The van der Waals surface area contributed by atoms with Gasteiger partial charge in [0.1, 0.15) is 32.8 Å². The van der Waals surface area contributed by atoms with E-state index in [1.54, 1.807) is 27.8 Å². The van der Waals surface area contributed by atoms with Gasteiger partial charge in [0.05, 0.1) is 35.3 Å². The number of ether oxygens (including phenoxy) is 2. The standard InChI is InChI=1S/C28H29F5N6O5S/c1-26(2,3)44-25(42)38-23-19(37-22(45-23)18-13(29)6-5-7-14(18)30)21(40)35-16-12-34-39(4)20(16)27-10-8-15(17(43-27)9-11-27)36-24(41)28(31,32)33/h5-7,12,15,17H,8-11H2,1-4H3,(H,35,40)(H,36,41)(H,38,42)/t15-,17+,27-/m1/s1. The quantitative estimate of drug-likeness (QED) is 0.293. The Morgan fingerprint density at radius 2 is 1.76 bits per heavy atom. The third kappa shape index (κ3) is 6.63. The van der Waals surface area contributed by atoms with Gasteiger partial charge in [-0.3, -0.25) is 19.6 Å². The van der Waals surface area contributed by atoms with Crippen LogP contribution in [0.1, 0.15) is 62.6 Å². The Morgan fingerprint density at radius 3 is 2.40 bits per heavy atom. The summed E-state index contributed by atoms with van der Waals surface area (Å²) in [7, 11) is 1.60. The number of hydrogen-bond acceptors (Lipinski definition) is 8. The molecule has 0 unspecified atom stereocenters. The monoisotopic (exact) mass is 656 g/mol. The number of hydrogen-bond donors (Lipinski definition) is 3. The van der Waals surface area contributed by atoms with E-state index in [1.165, 1.54) is 16.9 Å². The van der Waals surface area contributed by atoms with Gasteiger partial charge in [-0.15, -0.1) is 0 Å². The molecule has 45 heavy (non-hydrogen) atoms. The number of aromatic nitrogens is 3. The number of carbonyl (C=O) groups excluding carboxylic acids is 3. The summed E-state index contributed by atoms with van der Waals surface area (Å²) >= 11 is 0.665. The van der Waals surface area contributed by atoms with Crippen LogP contribution >= 0.6 is 11.3 Å². The number of thiazole rings is 1. The number of benzene rings is 1. The first-order valence-corrected chi connectivity index (χ1v) is 14.6. The van der Waals surface area contributed by atoms with E-state index in [9.17, 15) is 36.3 Å². The number of rotatable bonds is 6. The highest BCUT2D eigenvalue weighted by molar-refractivity contribution is 7.19. The average Bonchev–Trinajstić information content (AvgIpc) is 3.60. The van der Waals surface area contributed by atoms with Crippen molar-refractivity contribution < 1.29 is 45.8 Å². The Balaban J connectivity index is 1.43. The van der Waals surface area contributed by atoms with Crippen molar-refractivity contribution >= 4 is 39.9 Å². The third-order valence-corrected chi connectivity index (χ3v) is 8.33. The van der Waals surface area contributed by atoms with Crippen LogP contribution < -0.4 is 16.0 Å². The summed E-state index contributed by atoms with van der Waals surface area (Å²) in [6.07, 6.45) is -4.21. The molecule has 2 aromatic heterocycles. The number of amides is 3. The van der Waals surface area contributed by atoms with Crippen LogP contribution in [0, 0.1) is 11.6 Å². The Labute approximate surface area is 257 Å². The highest BCUT2D eigenvalue weighted by Crippen LogP contribution is 2.50. The zero-order valence-corrected chi connectivity index (χ0v) is 25.3. The Bertz CT molecular complexity index is 1630. The lowest BCUT2D eigenvalue weighted by Crippen LogP contribution is -2.51. The Hall–Kier alpha value is -4.12. The van der Waals surface area contributed by atoms with Gasteiger partial charge in [-0.05, 0) is 58.6 Å². The van der Waals surface area contributed by atoms with Gasteiger partial charge in [0, 0.05) is 7.05 Å². The van der Waals surface area contributed by atoms with E-state index in [2.05, 4.69) is 20.7 Å². The zero-order chi connectivity index (χ0) is 32.9. The molecule has 0 radical (unpaired) electrons. The molecule has 3 amide bonds. The number of nitrogens with zero attached hydrogens (tertiary/aromatic N) is 3. The van der Waals surface area contributed by atoms with Gasteiger partial charge in [0.15, 0.2) is 5.69 Å². The summed E-state index contributed by atoms with van der Waals surface area (Å²) in [5.41, 5.74) is -2.16. The summed E-state index contributed by atoms with van der Waals surface area (Å²) in [6, 6.07) is 2.38. The number of halogens is 5. The van der Waals surface area contributed by atoms with E-state index in [1.807, 2.05) is 5.32 Å². The Kier molecular flexibility index (Phi) is 8.37. The fourth-order valence-electron chi connectivity index (χ4n) is 5.55. The number of fused-ring (bicyclic) bond motifs is 2. The molecule has 1 aromatic carbocycles. The van der Waals surface area contributed by atoms with Gasteiger partial charge in [-0.25, -0.2) is 18.6 Å². The summed E-state index contributed by atoms with van der Waals surface area (Å²) < 4.78 is 80.7. The van der Waals surface area contributed by atoms with Crippen molar-refractivity contribution in [3.63, 3.8) is 0 Å². The van der Waals surface area contributed by atoms with E-state index in [-0.39, 0.29) is 34.2 Å². The number of alkyl halides is 3. The van der Waals surface area contributed by atoms with Crippen molar-refractivity contribution in [1.29, 1.82) is 0 Å². The summed E-state index contributed by atoms with van der Waals surface area (Å²) in [5, 5.41) is 11.0. The van der Waals surface area contributed by atoms with E-state index in [0.29, 0.717) is 29.9 Å². The lowest BCUT2D eigenvalue weighted by molar-refractivity contribution is -0.177. The first kappa shape index (κ1) is 32.3. The van der Waals surface area contributed by atoms with Gasteiger partial charge in [0.2, 0.25) is 0 Å². The minimum absolute atomic E-state index is 0.138. The van der Waals surface area contributed by atoms with E-state index in [0.717, 1.165) is 12.1 Å². The van der Waals surface area contributed by atoms with Crippen LogP contribution in [0.5, 0.6) is 0 Å². The molecule has 5 rings (SSSR count). The number of aryl methyl sites for hydroxylation is 1. The molecule has 0 aliphatic carbocycles. The zero-order valence-electron chi connectivity index (χ0n) is 24.5. The van der Waals surface area contributed by atoms with Crippen LogP contribution in [0.15, 0.2) is 24.4 Å². The molecule has 2 bridgehead atoms. The van der Waals surface area contributed by atoms with E-state index < -0.39 is 64.6 Å². The largest absolute Gasteiger partial charge is 0.471 e. The molecule has 2 aliphatic rings. The minimum atomic E-state index is -5.03. The molecule has 242 valence electrons. The SMILES string of the molecule is Cn1ncc(NC(=O)c2nc(-c3c(F)cccc3F)sc2NC(=O)OC(C)(C)C)c1[C@@]12CC[C@H](O1)[C@H](NC(=O)C(F)(F)F)CC2. The number of anilines is 2. The fraction of sp³-hybridized carbons (Fsp3) is 0.464. The molecular weight excluding hydrogens is 627 g/mol. The predicted molar refractivity (Wildman–Crippen MR) is 151 cm³/mol. The number of carbonyl (C=O) groups is 3. The fourth-order valence-corrected chi connectivity index (χ4v) is 6.54. The summed E-state index contributed by atoms with van der Waals surface area (Å²) in [4.78, 5) is 41.9. The smallest absolute Gasteiger partial charge is 0.444 e. The van der Waals surface area contributed by atoms with Crippen LogP contribution in [-0.2, 0) is 26.9 Å². The second kappa shape index (κ2) is 11.7. The van der Waals surface area contributed by atoms with Crippen LogP contribution in [0.3, 0.4) is 0 Å². The van der Waals surface area contributed by atoms with Crippen LogP contribution in [0.4, 0.5) is 37.4 Å². The first-order chi connectivity index (χ1) is 21.0. The molecule has 17 heteroatoms. The third-order valence-electron chi connectivity index (χ3n) is 7.34. The van der Waals surface area contributed by atoms with Crippen molar-refractivity contribution in [2.24, 2.45) is 7.05 Å².